The van der Waals surface area contributed by atoms with E-state index in [1.54, 1.807) is 0 Å². The normalized spacial score (nSPS) is 10.6. The van der Waals surface area contributed by atoms with E-state index in [1.807, 2.05) is 36.9 Å². The van der Waals surface area contributed by atoms with Crippen LogP contribution in [0, 0.1) is 6.92 Å². The van der Waals surface area contributed by atoms with E-state index in [9.17, 15) is 4.79 Å². The van der Waals surface area contributed by atoms with Gasteiger partial charge in [-0.25, -0.2) is 0 Å². The average Bonchev–Trinajstić information content (AvgIpc) is 2.84. The van der Waals surface area contributed by atoms with Gasteiger partial charge in [0.25, 0.3) is 0 Å². The summed E-state index contributed by atoms with van der Waals surface area (Å²) in [5, 5.41) is 16.2. The molecule has 0 amide bonds. The largest absolute Gasteiger partial charge is 0.481 e. The van der Waals surface area contributed by atoms with Crippen molar-refractivity contribution < 1.29 is 9.90 Å². The first-order valence-corrected chi connectivity index (χ1v) is 6.40. The Labute approximate surface area is 109 Å². The second-order valence-corrected chi connectivity index (χ2v) is 5.34. The summed E-state index contributed by atoms with van der Waals surface area (Å²) in [4.78, 5) is 12.6. The van der Waals surface area contributed by atoms with E-state index in [2.05, 4.69) is 10.4 Å². The number of rotatable bonds is 5. The van der Waals surface area contributed by atoms with Crippen LogP contribution in [0.4, 0.5) is 5.82 Å². The molecule has 0 aliphatic heterocycles. The molecule has 0 aliphatic rings. The molecule has 2 aromatic rings. The molecule has 6 heteroatoms. The topological polar surface area (TPSA) is 67.2 Å². The average molecular weight is 265 g/mol. The number of nitrogens with zero attached hydrogens (tertiary/aromatic N) is 2. The van der Waals surface area contributed by atoms with Crippen molar-refractivity contribution in [3.05, 3.63) is 33.6 Å². The van der Waals surface area contributed by atoms with E-state index >= 15 is 0 Å². The standard InChI is InChI=1S/C12H15N3O2S/c1-8-5-11(14-15(8)2)13-7-10-4-3-9(18-10)6-12(16)17/h3-5H,6-7H2,1-2H3,(H,13,14)(H,16,17). The summed E-state index contributed by atoms with van der Waals surface area (Å²) in [5.41, 5.74) is 1.09. The Bertz CT molecular complexity index is 540. The van der Waals surface area contributed by atoms with Crippen molar-refractivity contribution in [1.82, 2.24) is 9.78 Å². The van der Waals surface area contributed by atoms with Crippen molar-refractivity contribution in [2.75, 3.05) is 5.32 Å². The first kappa shape index (κ1) is 12.6. The third-order valence-electron chi connectivity index (χ3n) is 2.60. The number of carboxylic acids is 1. The molecule has 0 unspecified atom stereocenters. The van der Waals surface area contributed by atoms with Gasteiger partial charge in [0.1, 0.15) is 5.82 Å². The van der Waals surface area contributed by atoms with Gasteiger partial charge in [0.05, 0.1) is 13.0 Å². The number of aryl methyl sites for hydroxylation is 2. The molecule has 0 aliphatic carbocycles. The van der Waals surface area contributed by atoms with Gasteiger partial charge in [-0.2, -0.15) is 5.10 Å². The lowest BCUT2D eigenvalue weighted by molar-refractivity contribution is -0.136. The quantitative estimate of drug-likeness (QED) is 0.868. The Kier molecular flexibility index (Phi) is 3.66. The highest BCUT2D eigenvalue weighted by Gasteiger charge is 2.05. The summed E-state index contributed by atoms with van der Waals surface area (Å²) in [6.45, 7) is 2.66. The molecule has 0 saturated carbocycles. The third kappa shape index (κ3) is 3.10. The maximum atomic E-state index is 10.6. The van der Waals surface area contributed by atoms with E-state index in [0.29, 0.717) is 6.54 Å². The third-order valence-corrected chi connectivity index (χ3v) is 3.69. The second kappa shape index (κ2) is 5.22. The first-order chi connectivity index (χ1) is 8.54. The van der Waals surface area contributed by atoms with Crippen LogP contribution in [0.1, 0.15) is 15.4 Å². The number of thiophene rings is 1. The molecule has 2 rings (SSSR count). The van der Waals surface area contributed by atoms with E-state index in [-0.39, 0.29) is 6.42 Å². The Hall–Kier alpha value is -1.82. The van der Waals surface area contributed by atoms with E-state index in [0.717, 1.165) is 21.3 Å². The Morgan fingerprint density at radius 3 is 2.83 bits per heavy atom. The van der Waals surface area contributed by atoms with Crippen molar-refractivity contribution in [2.45, 2.75) is 19.9 Å². The number of carboxylic acid groups (broad SMARTS) is 1. The molecule has 0 spiro atoms. The van der Waals surface area contributed by atoms with Crippen molar-refractivity contribution in [2.24, 2.45) is 7.05 Å². The highest BCUT2D eigenvalue weighted by atomic mass is 32.1. The molecule has 0 aromatic carbocycles. The van der Waals surface area contributed by atoms with Crippen molar-refractivity contribution in [3.63, 3.8) is 0 Å². The van der Waals surface area contributed by atoms with Crippen LogP contribution in [0.2, 0.25) is 0 Å². The number of aromatic nitrogens is 2. The number of hydrogen-bond acceptors (Lipinski definition) is 4. The number of anilines is 1. The van der Waals surface area contributed by atoms with Crippen LogP contribution in [0.15, 0.2) is 18.2 Å². The summed E-state index contributed by atoms with van der Waals surface area (Å²) < 4.78 is 1.81. The van der Waals surface area contributed by atoms with Gasteiger partial charge in [0.15, 0.2) is 0 Å². The zero-order valence-electron chi connectivity index (χ0n) is 10.3. The highest BCUT2D eigenvalue weighted by Crippen LogP contribution is 2.18. The molecule has 2 heterocycles. The molecule has 0 radical (unpaired) electrons. The Balaban J connectivity index is 1.93. The Morgan fingerprint density at radius 2 is 2.22 bits per heavy atom. The molecule has 0 saturated heterocycles. The SMILES string of the molecule is Cc1cc(NCc2ccc(CC(=O)O)s2)nn1C. The molecular weight excluding hydrogens is 250 g/mol. The monoisotopic (exact) mass is 265 g/mol. The van der Waals surface area contributed by atoms with E-state index < -0.39 is 5.97 Å². The summed E-state index contributed by atoms with van der Waals surface area (Å²) in [6, 6.07) is 5.79. The highest BCUT2D eigenvalue weighted by molar-refractivity contribution is 7.12. The molecule has 2 aromatic heterocycles. The lowest BCUT2D eigenvalue weighted by atomic mass is 10.3. The van der Waals surface area contributed by atoms with Crippen LogP contribution in [-0.4, -0.2) is 20.9 Å². The molecule has 0 fully saturated rings. The summed E-state index contributed by atoms with van der Waals surface area (Å²) in [5.74, 6) is 0.0416. The van der Waals surface area contributed by atoms with Crippen LogP contribution in [0.3, 0.4) is 0 Å². The van der Waals surface area contributed by atoms with Crippen molar-refractivity contribution in [3.8, 4) is 0 Å². The molecule has 5 nitrogen and oxygen atoms in total. The summed E-state index contributed by atoms with van der Waals surface area (Å²) >= 11 is 1.51. The number of hydrogen-bond donors (Lipinski definition) is 2. The first-order valence-electron chi connectivity index (χ1n) is 5.58. The van der Waals surface area contributed by atoms with Crippen LogP contribution in [0.5, 0.6) is 0 Å². The van der Waals surface area contributed by atoms with Gasteiger partial charge >= 0.3 is 5.97 Å². The fourth-order valence-electron chi connectivity index (χ4n) is 1.59. The molecule has 0 bridgehead atoms. The maximum Gasteiger partial charge on any atom is 0.308 e. The number of carbonyl (C=O) groups is 1. The second-order valence-electron chi connectivity index (χ2n) is 4.09. The predicted octanol–water partition coefficient (Wildman–Crippen LogP) is 2.03. The molecule has 0 atom stereocenters. The van der Waals surface area contributed by atoms with Gasteiger partial charge in [-0.15, -0.1) is 11.3 Å². The zero-order valence-corrected chi connectivity index (χ0v) is 11.1. The van der Waals surface area contributed by atoms with Crippen molar-refractivity contribution in [1.29, 1.82) is 0 Å². The zero-order chi connectivity index (χ0) is 13.1. The van der Waals surface area contributed by atoms with Crippen LogP contribution >= 0.6 is 11.3 Å². The van der Waals surface area contributed by atoms with Gasteiger partial charge in [-0.1, -0.05) is 0 Å². The summed E-state index contributed by atoms with van der Waals surface area (Å²) in [7, 11) is 1.90. The smallest absolute Gasteiger partial charge is 0.308 e. The van der Waals surface area contributed by atoms with Crippen LogP contribution < -0.4 is 5.32 Å². The minimum Gasteiger partial charge on any atom is -0.481 e. The van der Waals surface area contributed by atoms with Crippen molar-refractivity contribution >= 4 is 23.1 Å². The fourth-order valence-corrected chi connectivity index (χ4v) is 2.53. The maximum absolute atomic E-state index is 10.6. The lowest BCUT2D eigenvalue weighted by Crippen LogP contribution is -1.99. The van der Waals surface area contributed by atoms with E-state index in [1.165, 1.54) is 11.3 Å². The van der Waals surface area contributed by atoms with Gasteiger partial charge < -0.3 is 10.4 Å². The van der Waals surface area contributed by atoms with Crippen LogP contribution in [-0.2, 0) is 24.8 Å². The number of nitrogens with one attached hydrogen (secondary N) is 1. The van der Waals surface area contributed by atoms with Gasteiger partial charge in [0.2, 0.25) is 0 Å². The summed E-state index contributed by atoms with van der Waals surface area (Å²) in [6.07, 6.45) is 0.0906. The van der Waals surface area contributed by atoms with E-state index in [4.69, 9.17) is 5.11 Å². The molecular formula is C12H15N3O2S. The molecule has 2 N–H and O–H groups in total. The Morgan fingerprint density at radius 1 is 1.50 bits per heavy atom. The minimum absolute atomic E-state index is 0.0906. The predicted molar refractivity (Wildman–Crippen MR) is 70.9 cm³/mol. The number of aliphatic carboxylic acids is 1. The molecule has 96 valence electrons. The minimum atomic E-state index is -0.795. The van der Waals surface area contributed by atoms with Gasteiger partial charge in [-0.05, 0) is 19.1 Å². The van der Waals surface area contributed by atoms with Gasteiger partial charge in [-0.3, -0.25) is 9.48 Å². The fraction of sp³-hybridized carbons (Fsp3) is 0.333. The van der Waals surface area contributed by atoms with Crippen LogP contribution in [0.25, 0.3) is 0 Å². The molecule has 18 heavy (non-hydrogen) atoms. The van der Waals surface area contributed by atoms with Gasteiger partial charge in [0, 0.05) is 28.6 Å². The lowest BCUT2D eigenvalue weighted by Gasteiger charge is -1.99.